The number of nitrogen functional groups attached to an aromatic ring is 1. The van der Waals surface area contributed by atoms with Crippen LogP contribution in [0, 0.1) is 5.82 Å². The second-order valence-corrected chi connectivity index (χ2v) is 4.71. The molecule has 1 rings (SSSR count). The van der Waals surface area contributed by atoms with Gasteiger partial charge in [-0.1, -0.05) is 0 Å². The second-order valence-electron chi connectivity index (χ2n) is 3.86. The Morgan fingerprint density at radius 3 is 2.50 bits per heavy atom. The zero-order valence-electron chi connectivity index (χ0n) is 8.80. The summed E-state index contributed by atoms with van der Waals surface area (Å²) in [5.41, 5.74) is 5.42. The fourth-order valence-electron chi connectivity index (χ4n) is 1.12. The Balaban J connectivity index is 3.01. The number of aliphatic hydroxyl groups excluding tert-OH is 2. The Kier molecular flexibility index (Phi) is 4.12. The highest BCUT2D eigenvalue weighted by Gasteiger charge is 2.23. The molecule has 0 aromatic heterocycles. The maximum Gasteiger partial charge on any atom is 0.139 e. The zero-order valence-corrected chi connectivity index (χ0v) is 10.4. The minimum Gasteiger partial charge on any atom is -0.397 e. The molecule has 1 aromatic rings. The third kappa shape index (κ3) is 2.84. The van der Waals surface area contributed by atoms with Gasteiger partial charge in [0.05, 0.1) is 34.6 Å². The molecule has 0 unspecified atom stereocenters. The summed E-state index contributed by atoms with van der Waals surface area (Å²) in [6.45, 7) is 1.02. The SMILES string of the molecule is CC(CO)(CO)Nc1cc(F)c(Br)cc1N. The first-order valence-electron chi connectivity index (χ1n) is 4.66. The molecule has 6 heteroatoms. The maximum absolute atomic E-state index is 13.3. The van der Waals surface area contributed by atoms with Gasteiger partial charge < -0.3 is 21.3 Å². The summed E-state index contributed by atoms with van der Waals surface area (Å²) < 4.78 is 13.5. The number of halogens is 2. The predicted molar refractivity (Wildman–Crippen MR) is 64.7 cm³/mol. The summed E-state index contributed by atoms with van der Waals surface area (Å²) in [7, 11) is 0. The Morgan fingerprint density at radius 1 is 1.44 bits per heavy atom. The number of nitrogens with one attached hydrogen (secondary N) is 1. The average Bonchev–Trinajstić information content (AvgIpc) is 2.25. The lowest BCUT2D eigenvalue weighted by molar-refractivity contribution is 0.147. The molecule has 4 nitrogen and oxygen atoms in total. The van der Waals surface area contributed by atoms with E-state index in [2.05, 4.69) is 21.2 Å². The van der Waals surface area contributed by atoms with Gasteiger partial charge in [0.2, 0.25) is 0 Å². The van der Waals surface area contributed by atoms with Crippen molar-refractivity contribution in [3.05, 3.63) is 22.4 Å². The van der Waals surface area contributed by atoms with Crippen molar-refractivity contribution in [3.8, 4) is 0 Å². The lowest BCUT2D eigenvalue weighted by Gasteiger charge is -2.28. The summed E-state index contributed by atoms with van der Waals surface area (Å²) in [4.78, 5) is 0. The van der Waals surface area contributed by atoms with Gasteiger partial charge in [-0.15, -0.1) is 0 Å². The number of benzene rings is 1. The Morgan fingerprint density at radius 2 is 2.00 bits per heavy atom. The molecule has 0 aliphatic carbocycles. The normalized spacial score (nSPS) is 11.6. The van der Waals surface area contributed by atoms with Gasteiger partial charge in [-0.25, -0.2) is 4.39 Å². The van der Waals surface area contributed by atoms with Crippen LogP contribution in [0.25, 0.3) is 0 Å². The minimum absolute atomic E-state index is 0.269. The molecule has 0 amide bonds. The molecule has 0 radical (unpaired) electrons. The van der Waals surface area contributed by atoms with E-state index in [9.17, 15) is 4.39 Å². The van der Waals surface area contributed by atoms with Gasteiger partial charge in [-0.2, -0.15) is 0 Å². The van der Waals surface area contributed by atoms with Gasteiger partial charge in [-0.3, -0.25) is 0 Å². The molecule has 0 saturated carbocycles. The average molecular weight is 293 g/mol. The number of hydrogen-bond donors (Lipinski definition) is 4. The van der Waals surface area contributed by atoms with Crippen LogP contribution in [-0.2, 0) is 0 Å². The highest BCUT2D eigenvalue weighted by molar-refractivity contribution is 9.10. The van der Waals surface area contributed by atoms with Gasteiger partial charge in [-0.05, 0) is 28.9 Å². The van der Waals surface area contributed by atoms with E-state index in [-0.39, 0.29) is 17.7 Å². The molecule has 90 valence electrons. The molecule has 0 heterocycles. The molecule has 5 N–H and O–H groups in total. The number of aliphatic hydroxyl groups is 2. The molecule has 0 aliphatic rings. The van der Waals surface area contributed by atoms with Crippen molar-refractivity contribution >= 4 is 27.3 Å². The van der Waals surface area contributed by atoms with Crippen LogP contribution in [0.15, 0.2) is 16.6 Å². The van der Waals surface area contributed by atoms with Crippen LogP contribution >= 0.6 is 15.9 Å². The molecule has 16 heavy (non-hydrogen) atoms. The largest absolute Gasteiger partial charge is 0.397 e. The van der Waals surface area contributed by atoms with E-state index in [0.29, 0.717) is 11.4 Å². The van der Waals surface area contributed by atoms with Crippen molar-refractivity contribution in [3.63, 3.8) is 0 Å². The van der Waals surface area contributed by atoms with Crippen molar-refractivity contribution in [2.45, 2.75) is 12.5 Å². The van der Waals surface area contributed by atoms with E-state index in [4.69, 9.17) is 15.9 Å². The standard InChI is InChI=1S/C10H14BrFN2O2/c1-10(4-15,5-16)14-9-3-7(12)6(11)2-8(9)13/h2-3,14-16H,4-5,13H2,1H3. The van der Waals surface area contributed by atoms with Crippen LogP contribution < -0.4 is 11.1 Å². The smallest absolute Gasteiger partial charge is 0.139 e. The van der Waals surface area contributed by atoms with E-state index < -0.39 is 11.4 Å². The van der Waals surface area contributed by atoms with Crippen molar-refractivity contribution < 1.29 is 14.6 Å². The van der Waals surface area contributed by atoms with Gasteiger partial charge in [0, 0.05) is 6.07 Å². The fourth-order valence-corrected chi connectivity index (χ4v) is 1.49. The lowest BCUT2D eigenvalue weighted by Crippen LogP contribution is -2.42. The van der Waals surface area contributed by atoms with Crippen molar-refractivity contribution in [1.29, 1.82) is 0 Å². The molecule has 0 aliphatic heterocycles. The first-order valence-corrected chi connectivity index (χ1v) is 5.45. The molecule has 0 atom stereocenters. The summed E-state index contributed by atoms with van der Waals surface area (Å²) >= 11 is 3.01. The third-order valence-corrected chi connectivity index (χ3v) is 2.83. The molecule has 0 fully saturated rings. The molecule has 0 spiro atoms. The topological polar surface area (TPSA) is 78.5 Å². The molecule has 0 bridgehead atoms. The van der Waals surface area contributed by atoms with Crippen LogP contribution in [0.5, 0.6) is 0 Å². The quantitative estimate of drug-likeness (QED) is 0.631. The van der Waals surface area contributed by atoms with Crippen molar-refractivity contribution in [1.82, 2.24) is 0 Å². The van der Waals surface area contributed by atoms with Crippen LogP contribution in [0.4, 0.5) is 15.8 Å². The first kappa shape index (κ1) is 13.2. The van der Waals surface area contributed by atoms with E-state index in [1.807, 2.05) is 0 Å². The highest BCUT2D eigenvalue weighted by atomic mass is 79.9. The van der Waals surface area contributed by atoms with E-state index >= 15 is 0 Å². The summed E-state index contributed by atoms with van der Waals surface area (Å²) in [6.07, 6.45) is 0. The lowest BCUT2D eigenvalue weighted by atomic mass is 10.0. The summed E-state index contributed by atoms with van der Waals surface area (Å²) in [6, 6.07) is 2.63. The van der Waals surface area contributed by atoms with E-state index in [1.165, 1.54) is 12.1 Å². The van der Waals surface area contributed by atoms with Gasteiger partial charge in [0.25, 0.3) is 0 Å². The van der Waals surface area contributed by atoms with Gasteiger partial charge >= 0.3 is 0 Å². The van der Waals surface area contributed by atoms with E-state index in [1.54, 1.807) is 6.92 Å². The Bertz CT molecular complexity index is 383. The fraction of sp³-hybridized carbons (Fsp3) is 0.400. The predicted octanol–water partition coefficient (Wildman–Crippen LogP) is 1.33. The highest BCUT2D eigenvalue weighted by Crippen LogP contribution is 2.28. The van der Waals surface area contributed by atoms with Crippen LogP contribution in [-0.4, -0.2) is 29.0 Å². The third-order valence-electron chi connectivity index (χ3n) is 2.23. The molecule has 1 aromatic carbocycles. The van der Waals surface area contributed by atoms with Crippen LogP contribution in [0.1, 0.15) is 6.92 Å². The van der Waals surface area contributed by atoms with E-state index in [0.717, 1.165) is 0 Å². The van der Waals surface area contributed by atoms with Gasteiger partial charge in [0.15, 0.2) is 0 Å². The second kappa shape index (κ2) is 4.99. The van der Waals surface area contributed by atoms with Crippen molar-refractivity contribution in [2.24, 2.45) is 0 Å². The maximum atomic E-state index is 13.3. The Labute approximate surface area is 101 Å². The number of rotatable bonds is 4. The van der Waals surface area contributed by atoms with Gasteiger partial charge in [0.1, 0.15) is 5.82 Å². The minimum atomic E-state index is -0.936. The molecular formula is C10H14BrFN2O2. The monoisotopic (exact) mass is 292 g/mol. The van der Waals surface area contributed by atoms with Crippen molar-refractivity contribution in [2.75, 3.05) is 24.3 Å². The zero-order chi connectivity index (χ0) is 12.3. The number of nitrogens with two attached hydrogens (primary N) is 1. The molecular weight excluding hydrogens is 279 g/mol. The summed E-state index contributed by atoms with van der Waals surface area (Å²) in [5.74, 6) is -0.463. The van der Waals surface area contributed by atoms with Crippen LogP contribution in [0.2, 0.25) is 0 Å². The van der Waals surface area contributed by atoms with Crippen LogP contribution in [0.3, 0.4) is 0 Å². The number of hydrogen-bond acceptors (Lipinski definition) is 4. The number of anilines is 2. The first-order chi connectivity index (χ1) is 7.41. The molecule has 0 saturated heterocycles. The summed E-state index contributed by atoms with van der Waals surface area (Å²) in [5, 5.41) is 21.0. The Hall–Kier alpha value is -0.850.